The van der Waals surface area contributed by atoms with E-state index >= 15 is 0 Å². The summed E-state index contributed by atoms with van der Waals surface area (Å²) in [6, 6.07) is 8.28. The van der Waals surface area contributed by atoms with Crippen LogP contribution in [-0.2, 0) is 4.79 Å². The van der Waals surface area contributed by atoms with Crippen molar-refractivity contribution in [3.63, 3.8) is 0 Å². The molecule has 16 heavy (non-hydrogen) atoms. The second kappa shape index (κ2) is 5.50. The molecule has 0 atom stereocenters. The largest absolute Gasteiger partial charge is 0.345 e. The highest BCUT2D eigenvalue weighted by molar-refractivity contribution is 5.91. The first-order valence-electron chi connectivity index (χ1n) is 5.50. The van der Waals surface area contributed by atoms with Crippen LogP contribution in [0.2, 0.25) is 0 Å². The molecule has 0 fully saturated rings. The molecule has 0 unspecified atom stereocenters. The number of rotatable bonds is 3. The van der Waals surface area contributed by atoms with Crippen molar-refractivity contribution in [1.82, 2.24) is 4.90 Å². The Kier molecular flexibility index (Phi) is 4.29. The summed E-state index contributed by atoms with van der Waals surface area (Å²) in [6.07, 6.45) is 3.43. The smallest absolute Gasteiger partial charge is 0.246 e. The average Bonchev–Trinajstić information content (AvgIpc) is 2.26. The Bertz CT molecular complexity index is 374. The predicted molar refractivity (Wildman–Crippen MR) is 68.3 cm³/mol. The number of carbonyl (C=O) groups excluding carboxylic acids is 1. The number of amides is 1. The Labute approximate surface area is 97.6 Å². The van der Waals surface area contributed by atoms with E-state index in [1.165, 1.54) is 5.56 Å². The van der Waals surface area contributed by atoms with Gasteiger partial charge < -0.3 is 4.90 Å². The molecule has 0 aliphatic heterocycles. The van der Waals surface area contributed by atoms with Gasteiger partial charge in [0, 0.05) is 20.2 Å². The highest BCUT2D eigenvalue weighted by atomic mass is 16.2. The van der Waals surface area contributed by atoms with Crippen LogP contribution < -0.4 is 0 Å². The van der Waals surface area contributed by atoms with Gasteiger partial charge in [0.25, 0.3) is 0 Å². The first-order valence-corrected chi connectivity index (χ1v) is 5.50. The SMILES string of the molecule is CC(C)c1ccc(/C=C/C(=O)N(C)C)cc1. The average molecular weight is 217 g/mol. The summed E-state index contributed by atoms with van der Waals surface area (Å²) in [7, 11) is 3.49. The maximum absolute atomic E-state index is 11.3. The van der Waals surface area contributed by atoms with Crippen LogP contribution in [0.4, 0.5) is 0 Å². The number of nitrogens with zero attached hydrogens (tertiary/aromatic N) is 1. The van der Waals surface area contributed by atoms with Crippen LogP contribution in [-0.4, -0.2) is 24.9 Å². The molecule has 86 valence electrons. The Balaban J connectivity index is 2.72. The Morgan fingerprint density at radius 3 is 2.19 bits per heavy atom. The minimum absolute atomic E-state index is 0.00735. The monoisotopic (exact) mass is 217 g/mol. The zero-order valence-electron chi connectivity index (χ0n) is 10.4. The highest BCUT2D eigenvalue weighted by Crippen LogP contribution is 2.15. The summed E-state index contributed by atoms with van der Waals surface area (Å²) in [6.45, 7) is 4.33. The molecule has 0 aliphatic carbocycles. The van der Waals surface area contributed by atoms with Gasteiger partial charge in [-0.1, -0.05) is 38.1 Å². The summed E-state index contributed by atoms with van der Waals surface area (Å²) in [5.41, 5.74) is 2.37. The molecule has 2 nitrogen and oxygen atoms in total. The van der Waals surface area contributed by atoms with E-state index in [9.17, 15) is 4.79 Å². The number of hydrogen-bond acceptors (Lipinski definition) is 1. The van der Waals surface area contributed by atoms with Crippen LogP contribution >= 0.6 is 0 Å². The lowest BCUT2D eigenvalue weighted by Crippen LogP contribution is -2.18. The predicted octanol–water partition coefficient (Wildman–Crippen LogP) is 2.91. The van der Waals surface area contributed by atoms with Crippen LogP contribution in [0.25, 0.3) is 6.08 Å². The molecule has 0 spiro atoms. The van der Waals surface area contributed by atoms with Gasteiger partial charge in [-0.25, -0.2) is 0 Å². The molecule has 1 aromatic rings. The topological polar surface area (TPSA) is 20.3 Å². The van der Waals surface area contributed by atoms with Crippen molar-refractivity contribution in [3.8, 4) is 0 Å². The summed E-state index contributed by atoms with van der Waals surface area (Å²) < 4.78 is 0. The second-order valence-electron chi connectivity index (χ2n) is 4.39. The first kappa shape index (κ1) is 12.5. The molecule has 0 aromatic heterocycles. The molecule has 1 rings (SSSR count). The van der Waals surface area contributed by atoms with Crippen LogP contribution in [0.15, 0.2) is 30.3 Å². The third kappa shape index (κ3) is 3.54. The minimum Gasteiger partial charge on any atom is -0.345 e. The van der Waals surface area contributed by atoms with Gasteiger partial charge in [0.1, 0.15) is 0 Å². The molecule has 2 heteroatoms. The van der Waals surface area contributed by atoms with E-state index < -0.39 is 0 Å². The molecule has 0 saturated heterocycles. The maximum Gasteiger partial charge on any atom is 0.246 e. The van der Waals surface area contributed by atoms with Crippen molar-refractivity contribution in [2.75, 3.05) is 14.1 Å². The fourth-order valence-electron chi connectivity index (χ4n) is 1.31. The van der Waals surface area contributed by atoms with Gasteiger partial charge in [0.05, 0.1) is 0 Å². The van der Waals surface area contributed by atoms with Crippen LogP contribution in [0.1, 0.15) is 30.9 Å². The van der Waals surface area contributed by atoms with Crippen molar-refractivity contribution < 1.29 is 4.79 Å². The Morgan fingerprint density at radius 2 is 1.75 bits per heavy atom. The zero-order chi connectivity index (χ0) is 12.1. The van der Waals surface area contributed by atoms with Crippen molar-refractivity contribution >= 4 is 12.0 Å². The van der Waals surface area contributed by atoms with Gasteiger partial charge in [-0.3, -0.25) is 4.79 Å². The van der Waals surface area contributed by atoms with Gasteiger partial charge >= 0.3 is 0 Å². The fraction of sp³-hybridized carbons (Fsp3) is 0.357. The molecule has 1 amide bonds. The molecule has 0 saturated carbocycles. The lowest BCUT2D eigenvalue weighted by atomic mass is 10.0. The molecule has 0 N–H and O–H groups in total. The Morgan fingerprint density at radius 1 is 1.19 bits per heavy atom. The van der Waals surface area contributed by atoms with Crippen LogP contribution in [0.3, 0.4) is 0 Å². The second-order valence-corrected chi connectivity index (χ2v) is 4.39. The van der Waals surface area contributed by atoms with Crippen molar-refractivity contribution in [3.05, 3.63) is 41.5 Å². The van der Waals surface area contributed by atoms with E-state index in [2.05, 4.69) is 26.0 Å². The third-order valence-electron chi connectivity index (χ3n) is 2.46. The van der Waals surface area contributed by atoms with Crippen LogP contribution in [0.5, 0.6) is 0 Å². The van der Waals surface area contributed by atoms with Crippen molar-refractivity contribution in [1.29, 1.82) is 0 Å². The Hall–Kier alpha value is -1.57. The lowest BCUT2D eigenvalue weighted by molar-refractivity contribution is -0.123. The quantitative estimate of drug-likeness (QED) is 0.713. The standard InChI is InChI=1S/C14H19NO/c1-11(2)13-8-5-12(6-9-13)7-10-14(16)15(3)4/h5-11H,1-4H3/b10-7+. The molecule has 0 bridgehead atoms. The van der Waals surface area contributed by atoms with E-state index in [0.717, 1.165) is 5.56 Å². The maximum atomic E-state index is 11.3. The molecule has 1 aromatic carbocycles. The highest BCUT2D eigenvalue weighted by Gasteiger charge is 1.99. The van der Waals surface area contributed by atoms with Gasteiger partial charge in [0.15, 0.2) is 0 Å². The summed E-state index contributed by atoms with van der Waals surface area (Å²) in [4.78, 5) is 12.9. The lowest BCUT2D eigenvalue weighted by Gasteiger charge is -2.06. The van der Waals surface area contributed by atoms with Crippen molar-refractivity contribution in [2.45, 2.75) is 19.8 Å². The van der Waals surface area contributed by atoms with E-state index in [1.807, 2.05) is 18.2 Å². The zero-order valence-corrected chi connectivity index (χ0v) is 10.4. The number of hydrogen-bond donors (Lipinski definition) is 0. The molecule has 0 aliphatic rings. The molecular formula is C14H19NO. The third-order valence-corrected chi connectivity index (χ3v) is 2.46. The fourth-order valence-corrected chi connectivity index (χ4v) is 1.31. The van der Waals surface area contributed by atoms with Gasteiger partial charge in [-0.05, 0) is 23.1 Å². The summed E-state index contributed by atoms with van der Waals surface area (Å²) >= 11 is 0. The molecule has 0 heterocycles. The first-order chi connectivity index (χ1) is 7.50. The van der Waals surface area contributed by atoms with Gasteiger partial charge in [0.2, 0.25) is 5.91 Å². The van der Waals surface area contributed by atoms with Gasteiger partial charge in [-0.2, -0.15) is 0 Å². The summed E-state index contributed by atoms with van der Waals surface area (Å²) in [5, 5.41) is 0. The van der Waals surface area contributed by atoms with Crippen LogP contribution in [0, 0.1) is 0 Å². The molecule has 0 radical (unpaired) electrons. The van der Waals surface area contributed by atoms with E-state index in [-0.39, 0.29) is 5.91 Å². The van der Waals surface area contributed by atoms with Gasteiger partial charge in [-0.15, -0.1) is 0 Å². The normalized spacial score (nSPS) is 11.1. The number of carbonyl (C=O) groups is 1. The minimum atomic E-state index is 0.00735. The number of benzene rings is 1. The number of likely N-dealkylation sites (N-methyl/N-ethyl adjacent to an activating group) is 1. The summed E-state index contributed by atoms with van der Waals surface area (Å²) in [5.74, 6) is 0.550. The van der Waals surface area contributed by atoms with E-state index in [0.29, 0.717) is 5.92 Å². The van der Waals surface area contributed by atoms with E-state index in [4.69, 9.17) is 0 Å². The van der Waals surface area contributed by atoms with E-state index in [1.54, 1.807) is 25.1 Å². The van der Waals surface area contributed by atoms with Crippen molar-refractivity contribution in [2.24, 2.45) is 0 Å². The molecular weight excluding hydrogens is 198 g/mol.